The first-order valence-electron chi connectivity index (χ1n) is 6.03. The number of benzene rings is 1. The molecular formula is C14H14F3NO. The maximum atomic E-state index is 12.0. The summed E-state index contributed by atoms with van der Waals surface area (Å²) in [6, 6.07) is 11.1. The summed E-state index contributed by atoms with van der Waals surface area (Å²) in [5.41, 5.74) is 1.39. The molecule has 0 saturated heterocycles. The molecule has 0 aliphatic heterocycles. The Morgan fingerprint density at radius 1 is 1.11 bits per heavy atom. The van der Waals surface area contributed by atoms with Gasteiger partial charge in [-0.05, 0) is 18.6 Å². The van der Waals surface area contributed by atoms with E-state index in [1.165, 1.54) is 0 Å². The molecule has 0 aliphatic rings. The van der Waals surface area contributed by atoms with Crippen LogP contribution in [0.4, 0.5) is 13.2 Å². The fraction of sp³-hybridized carbons (Fsp3) is 0.357. The van der Waals surface area contributed by atoms with Crippen LogP contribution in [0.2, 0.25) is 0 Å². The van der Waals surface area contributed by atoms with Crippen LogP contribution in [0.3, 0.4) is 0 Å². The van der Waals surface area contributed by atoms with Crippen molar-refractivity contribution < 1.29 is 18.3 Å². The molecule has 19 heavy (non-hydrogen) atoms. The van der Waals surface area contributed by atoms with E-state index in [1.807, 2.05) is 30.3 Å². The number of aliphatic hydroxyl groups is 1. The van der Waals surface area contributed by atoms with Crippen LogP contribution in [0.15, 0.2) is 36.4 Å². The zero-order valence-corrected chi connectivity index (χ0v) is 10.2. The van der Waals surface area contributed by atoms with Crippen LogP contribution in [0.1, 0.15) is 18.5 Å². The summed E-state index contributed by atoms with van der Waals surface area (Å²) in [6.07, 6.45) is -6.37. The van der Waals surface area contributed by atoms with E-state index in [1.54, 1.807) is 6.07 Å². The molecule has 0 aliphatic carbocycles. The first kappa shape index (κ1) is 13.8. The third kappa shape index (κ3) is 4.21. The Hall–Kier alpha value is -1.62. The number of fused-ring (bicyclic) bond motifs is 1. The third-order valence-electron chi connectivity index (χ3n) is 2.86. The van der Waals surface area contributed by atoms with Crippen molar-refractivity contribution in [3.8, 4) is 0 Å². The van der Waals surface area contributed by atoms with E-state index >= 15 is 0 Å². The molecule has 1 unspecified atom stereocenters. The average Bonchev–Trinajstić information content (AvgIpc) is 2.35. The lowest BCUT2D eigenvalue weighted by Crippen LogP contribution is -2.16. The summed E-state index contributed by atoms with van der Waals surface area (Å²) in [6.45, 7) is 0. The highest BCUT2D eigenvalue weighted by molar-refractivity contribution is 5.78. The minimum absolute atomic E-state index is 0.140. The Morgan fingerprint density at radius 3 is 2.58 bits per heavy atom. The molecule has 102 valence electrons. The summed E-state index contributed by atoms with van der Waals surface area (Å²) in [5.74, 6) is 0. The standard InChI is InChI=1S/C14H14F3NO/c15-14(16,17)8-7-12(19)9-11-6-5-10-3-1-2-4-13(10)18-11/h1-6,12,19H,7-9H2. The van der Waals surface area contributed by atoms with Gasteiger partial charge in [-0.2, -0.15) is 13.2 Å². The predicted octanol–water partition coefficient (Wildman–Crippen LogP) is 3.48. The summed E-state index contributed by atoms with van der Waals surface area (Å²) in [5, 5.41) is 10.6. The molecule has 0 spiro atoms. The number of pyridine rings is 1. The van der Waals surface area contributed by atoms with Crippen LogP contribution < -0.4 is 0 Å². The quantitative estimate of drug-likeness (QED) is 0.921. The van der Waals surface area contributed by atoms with Crippen molar-refractivity contribution in [1.82, 2.24) is 4.98 Å². The number of nitrogens with zero attached hydrogens (tertiary/aromatic N) is 1. The van der Waals surface area contributed by atoms with Gasteiger partial charge in [-0.15, -0.1) is 0 Å². The predicted molar refractivity (Wildman–Crippen MR) is 66.7 cm³/mol. The molecular weight excluding hydrogens is 255 g/mol. The van der Waals surface area contributed by atoms with Crippen LogP contribution >= 0.6 is 0 Å². The van der Waals surface area contributed by atoms with Crippen molar-refractivity contribution >= 4 is 10.9 Å². The highest BCUT2D eigenvalue weighted by Gasteiger charge is 2.27. The lowest BCUT2D eigenvalue weighted by molar-refractivity contribution is -0.139. The van der Waals surface area contributed by atoms with Crippen molar-refractivity contribution in [3.63, 3.8) is 0 Å². The highest BCUT2D eigenvalue weighted by atomic mass is 19.4. The fourth-order valence-corrected chi connectivity index (χ4v) is 1.90. The summed E-state index contributed by atoms with van der Waals surface area (Å²) in [4.78, 5) is 4.32. The van der Waals surface area contributed by atoms with Gasteiger partial charge in [0, 0.05) is 23.9 Å². The number of rotatable bonds is 4. The van der Waals surface area contributed by atoms with Gasteiger partial charge in [0.15, 0.2) is 0 Å². The van der Waals surface area contributed by atoms with Gasteiger partial charge in [0.05, 0.1) is 11.6 Å². The van der Waals surface area contributed by atoms with Crippen molar-refractivity contribution in [2.75, 3.05) is 0 Å². The minimum Gasteiger partial charge on any atom is -0.393 e. The van der Waals surface area contributed by atoms with Gasteiger partial charge in [0.25, 0.3) is 0 Å². The lowest BCUT2D eigenvalue weighted by Gasteiger charge is -2.12. The molecule has 1 N–H and O–H groups in total. The molecule has 0 bridgehead atoms. The largest absolute Gasteiger partial charge is 0.393 e. The molecule has 1 heterocycles. The average molecular weight is 269 g/mol. The van der Waals surface area contributed by atoms with Crippen molar-refractivity contribution in [1.29, 1.82) is 0 Å². The van der Waals surface area contributed by atoms with Gasteiger partial charge in [-0.3, -0.25) is 4.98 Å². The van der Waals surface area contributed by atoms with Gasteiger partial charge in [0.1, 0.15) is 0 Å². The Balaban J connectivity index is 2.00. The van der Waals surface area contributed by atoms with Gasteiger partial charge in [-0.25, -0.2) is 0 Å². The topological polar surface area (TPSA) is 33.1 Å². The van der Waals surface area contributed by atoms with E-state index in [-0.39, 0.29) is 12.8 Å². The Kier molecular flexibility index (Phi) is 4.04. The van der Waals surface area contributed by atoms with Crippen LogP contribution in [0.5, 0.6) is 0 Å². The van der Waals surface area contributed by atoms with Gasteiger partial charge in [-0.1, -0.05) is 24.3 Å². The van der Waals surface area contributed by atoms with Crippen molar-refractivity contribution in [2.45, 2.75) is 31.5 Å². The molecule has 2 nitrogen and oxygen atoms in total. The molecule has 0 saturated carbocycles. The minimum atomic E-state index is -4.22. The number of aromatic nitrogens is 1. The maximum Gasteiger partial charge on any atom is 0.389 e. The number of hydrogen-bond acceptors (Lipinski definition) is 2. The van der Waals surface area contributed by atoms with E-state index in [9.17, 15) is 18.3 Å². The number of hydrogen-bond donors (Lipinski definition) is 1. The monoisotopic (exact) mass is 269 g/mol. The molecule has 2 rings (SSSR count). The van der Waals surface area contributed by atoms with E-state index in [4.69, 9.17) is 0 Å². The van der Waals surface area contributed by atoms with Crippen molar-refractivity contribution in [2.24, 2.45) is 0 Å². The molecule has 0 fully saturated rings. The van der Waals surface area contributed by atoms with Gasteiger partial charge >= 0.3 is 6.18 Å². The molecule has 0 radical (unpaired) electrons. The van der Waals surface area contributed by atoms with E-state index in [0.717, 1.165) is 10.9 Å². The Bertz CT molecular complexity index is 554. The smallest absolute Gasteiger partial charge is 0.389 e. The fourth-order valence-electron chi connectivity index (χ4n) is 1.90. The normalized spacial score (nSPS) is 13.7. The summed E-state index contributed by atoms with van der Waals surface area (Å²) < 4.78 is 36.1. The Morgan fingerprint density at radius 2 is 1.84 bits per heavy atom. The first-order chi connectivity index (χ1) is 8.94. The van der Waals surface area contributed by atoms with Crippen LogP contribution in [0, 0.1) is 0 Å². The van der Waals surface area contributed by atoms with Crippen molar-refractivity contribution in [3.05, 3.63) is 42.1 Å². The van der Waals surface area contributed by atoms with E-state index < -0.39 is 18.7 Å². The second kappa shape index (κ2) is 5.57. The summed E-state index contributed by atoms with van der Waals surface area (Å²) >= 11 is 0. The third-order valence-corrected chi connectivity index (χ3v) is 2.86. The number of alkyl halides is 3. The number of halogens is 3. The van der Waals surface area contributed by atoms with E-state index in [0.29, 0.717) is 5.69 Å². The van der Waals surface area contributed by atoms with Crippen LogP contribution in [-0.2, 0) is 6.42 Å². The Labute approximate surface area is 108 Å². The molecule has 0 amide bonds. The first-order valence-corrected chi connectivity index (χ1v) is 6.03. The zero-order chi connectivity index (χ0) is 13.9. The molecule has 2 aromatic rings. The van der Waals surface area contributed by atoms with Gasteiger partial charge < -0.3 is 5.11 Å². The molecule has 1 atom stereocenters. The van der Waals surface area contributed by atoms with Crippen LogP contribution in [0.25, 0.3) is 10.9 Å². The SMILES string of the molecule is OC(CCC(F)(F)F)Cc1ccc2ccccc2n1. The zero-order valence-electron chi connectivity index (χ0n) is 10.2. The van der Waals surface area contributed by atoms with Gasteiger partial charge in [0.2, 0.25) is 0 Å². The number of aliphatic hydroxyl groups excluding tert-OH is 1. The molecule has 1 aromatic heterocycles. The molecule has 5 heteroatoms. The second-order valence-corrected chi connectivity index (χ2v) is 4.51. The van der Waals surface area contributed by atoms with Crippen LogP contribution in [-0.4, -0.2) is 22.4 Å². The van der Waals surface area contributed by atoms with E-state index in [2.05, 4.69) is 4.98 Å². The maximum absolute atomic E-state index is 12.0. The highest BCUT2D eigenvalue weighted by Crippen LogP contribution is 2.23. The second-order valence-electron chi connectivity index (χ2n) is 4.51. The lowest BCUT2D eigenvalue weighted by atomic mass is 10.1. The molecule has 1 aromatic carbocycles. The summed E-state index contributed by atoms with van der Waals surface area (Å²) in [7, 11) is 0. The number of para-hydroxylation sites is 1.